The first-order valence-corrected chi connectivity index (χ1v) is 30.5. The van der Waals surface area contributed by atoms with Crippen LogP contribution in [-0.2, 0) is 0 Å². The highest BCUT2D eigenvalue weighted by molar-refractivity contribution is 6.25. The van der Waals surface area contributed by atoms with Crippen LogP contribution in [0.1, 0.15) is 0 Å². The van der Waals surface area contributed by atoms with Crippen molar-refractivity contribution in [2.45, 2.75) is 0 Å². The summed E-state index contributed by atoms with van der Waals surface area (Å²) in [5.41, 5.74) is 19.3. The molecule has 0 aliphatic rings. The third kappa shape index (κ3) is 8.02. The summed E-state index contributed by atoms with van der Waals surface area (Å²) in [5.74, 6) is 1.31. The number of para-hydroxylation sites is 8. The second-order valence-electron chi connectivity index (χ2n) is 22.9. The van der Waals surface area contributed by atoms with Crippen LogP contribution in [0.2, 0.25) is 0 Å². The molecule has 90 heavy (non-hydrogen) atoms. The van der Waals surface area contributed by atoms with Gasteiger partial charge in [-0.3, -0.25) is 9.13 Å². The van der Waals surface area contributed by atoms with E-state index in [4.69, 9.17) is 19.9 Å². The zero-order chi connectivity index (χ0) is 59.2. The van der Waals surface area contributed by atoms with Gasteiger partial charge in [0.05, 0.1) is 66.6 Å². The number of rotatable bonds is 7. The highest BCUT2D eigenvalue weighted by atomic mass is 15.2. The molecule has 6 heterocycles. The summed E-state index contributed by atoms with van der Waals surface area (Å²) < 4.78 is 9.34. The molecule has 8 heteroatoms. The quantitative estimate of drug-likeness (QED) is 0.159. The summed E-state index contributed by atoms with van der Waals surface area (Å²) in [6, 6.07) is 111. The number of nitrogens with zero attached hydrogens (tertiary/aromatic N) is 8. The molecule has 6 aromatic heterocycles. The van der Waals surface area contributed by atoms with Crippen molar-refractivity contribution in [2.75, 3.05) is 0 Å². The van der Waals surface area contributed by atoms with E-state index in [1.165, 1.54) is 59.7 Å². The maximum Gasteiger partial charge on any atom is 0.235 e. The number of hydrogen-bond donors (Lipinski definition) is 0. The molecule has 8 nitrogen and oxygen atoms in total. The fourth-order valence-corrected chi connectivity index (χ4v) is 13.9. The fraction of sp³-hybridized carbons (Fsp3) is 0. The average molecular weight is 1150 g/mol. The van der Waals surface area contributed by atoms with E-state index in [0.717, 1.165) is 94.4 Å². The van der Waals surface area contributed by atoms with Crippen molar-refractivity contribution in [2.24, 2.45) is 0 Å². The Morgan fingerprint density at radius 2 is 0.489 bits per heavy atom. The van der Waals surface area contributed by atoms with Gasteiger partial charge in [-0.15, -0.1) is 0 Å². The maximum atomic E-state index is 5.45. The van der Waals surface area contributed by atoms with Crippen LogP contribution in [0.25, 0.3) is 166 Å². The van der Waals surface area contributed by atoms with Crippen LogP contribution in [0.4, 0.5) is 0 Å². The van der Waals surface area contributed by atoms with Gasteiger partial charge >= 0.3 is 0 Å². The molecule has 0 fully saturated rings. The summed E-state index contributed by atoms with van der Waals surface area (Å²) in [4.78, 5) is 21.3. The Bertz CT molecular complexity index is 6020. The van der Waals surface area contributed by atoms with Gasteiger partial charge in [0.15, 0.2) is 0 Å². The molecular formula is C82H52N8. The maximum absolute atomic E-state index is 5.45. The molecule has 0 unspecified atom stereocenters. The standard InChI is InChI=1S/C44H28N4.C38H24N4/c1-3-14-29(15-4-1)30-16-13-17-31(28-30)41-37-22-7-10-23-38(37)45-44(46-41)48-40-25-12-9-21-34(40)36-27-26-35-33-20-8-11-24-39(33)47(42(35)43(36)48)32-18-5-2-6-19-32;1-3-13-25(14-4-1)35-31-19-7-10-20-32(31)39-38(40-35)42-34-22-12-9-18-28(34)30-24-23-29-27-17-8-11-21-33(27)41(36(29)37(30)42)26-15-5-2-6-16-26/h1-28H;1-24H. The van der Waals surface area contributed by atoms with Crippen molar-refractivity contribution in [3.63, 3.8) is 0 Å². The van der Waals surface area contributed by atoms with Crippen molar-refractivity contribution in [3.8, 4) is 56.9 Å². The Morgan fingerprint density at radius 3 is 0.911 bits per heavy atom. The molecule has 0 saturated heterocycles. The van der Waals surface area contributed by atoms with E-state index < -0.39 is 0 Å². The van der Waals surface area contributed by atoms with Gasteiger partial charge in [0.25, 0.3) is 0 Å². The topological polar surface area (TPSA) is 71.3 Å². The molecule has 0 spiro atoms. The summed E-state index contributed by atoms with van der Waals surface area (Å²) in [6.45, 7) is 0. The average Bonchev–Trinajstić information content (AvgIpc) is 1.58. The van der Waals surface area contributed by atoms with Crippen molar-refractivity contribution < 1.29 is 0 Å². The summed E-state index contributed by atoms with van der Waals surface area (Å²) in [6.07, 6.45) is 0. The van der Waals surface area contributed by atoms with E-state index in [2.05, 4.69) is 322 Å². The van der Waals surface area contributed by atoms with Crippen LogP contribution >= 0.6 is 0 Å². The number of hydrogen-bond acceptors (Lipinski definition) is 4. The van der Waals surface area contributed by atoms with Crippen LogP contribution in [-0.4, -0.2) is 38.2 Å². The summed E-state index contributed by atoms with van der Waals surface area (Å²) >= 11 is 0. The van der Waals surface area contributed by atoms with E-state index in [1.807, 2.05) is 12.1 Å². The highest BCUT2D eigenvalue weighted by Gasteiger charge is 2.26. The predicted molar refractivity (Wildman–Crippen MR) is 373 cm³/mol. The fourth-order valence-electron chi connectivity index (χ4n) is 13.9. The summed E-state index contributed by atoms with van der Waals surface area (Å²) in [7, 11) is 0. The van der Waals surface area contributed by atoms with Gasteiger partial charge in [0.2, 0.25) is 11.9 Å². The first kappa shape index (κ1) is 51.0. The minimum absolute atomic E-state index is 0.650. The monoisotopic (exact) mass is 1150 g/mol. The molecule has 13 aromatic carbocycles. The van der Waals surface area contributed by atoms with Crippen molar-refractivity contribution in [3.05, 3.63) is 315 Å². The molecule has 0 bridgehead atoms. The SMILES string of the molecule is c1ccc(-c2cccc(-c3nc(-n4c5ccccc5c5ccc6c7ccccc7n(-c7ccccc7)c6c54)nc4ccccc34)c2)cc1.c1ccc(-c2nc(-n3c4ccccc4c4ccc5c6ccccc6n(-c6ccccc6)c5c43)nc3ccccc23)cc1. The molecule has 0 atom stereocenters. The number of aromatic nitrogens is 8. The molecular weight excluding hydrogens is 1100 g/mol. The van der Waals surface area contributed by atoms with E-state index in [-0.39, 0.29) is 0 Å². The number of benzene rings is 13. The molecule has 0 aliphatic carbocycles. The minimum atomic E-state index is 0.650. The van der Waals surface area contributed by atoms with Crippen LogP contribution in [0, 0.1) is 0 Å². The predicted octanol–water partition coefficient (Wildman–Crippen LogP) is 20.6. The first-order chi connectivity index (χ1) is 44.7. The second kappa shape index (κ2) is 20.7. The van der Waals surface area contributed by atoms with Crippen molar-refractivity contribution in [1.82, 2.24) is 38.2 Å². The molecule has 0 saturated carbocycles. The lowest BCUT2D eigenvalue weighted by Crippen LogP contribution is -2.04. The van der Waals surface area contributed by atoms with Crippen molar-refractivity contribution >= 4 is 109 Å². The summed E-state index contributed by atoms with van der Waals surface area (Å²) in [5, 5.41) is 11.6. The van der Waals surface area contributed by atoms with Gasteiger partial charge in [-0.05, 0) is 77.9 Å². The highest BCUT2D eigenvalue weighted by Crippen LogP contribution is 2.44. The van der Waals surface area contributed by atoms with E-state index >= 15 is 0 Å². The molecule has 0 aliphatic heterocycles. The Labute approximate surface area is 516 Å². The lowest BCUT2D eigenvalue weighted by atomic mass is 10.00. The molecule has 19 rings (SSSR count). The lowest BCUT2D eigenvalue weighted by molar-refractivity contribution is 1.01. The van der Waals surface area contributed by atoms with E-state index in [1.54, 1.807) is 0 Å². The molecule has 0 N–H and O–H groups in total. The Morgan fingerprint density at radius 1 is 0.189 bits per heavy atom. The minimum Gasteiger partial charge on any atom is -0.307 e. The zero-order valence-corrected chi connectivity index (χ0v) is 48.6. The number of fused-ring (bicyclic) bond motifs is 16. The third-order valence-corrected chi connectivity index (χ3v) is 17.8. The molecule has 0 amide bonds. The molecule has 420 valence electrons. The Kier molecular flexibility index (Phi) is 11.7. The smallest absolute Gasteiger partial charge is 0.235 e. The van der Waals surface area contributed by atoms with Gasteiger partial charge in [0, 0.05) is 76.4 Å². The largest absolute Gasteiger partial charge is 0.307 e. The van der Waals surface area contributed by atoms with Crippen LogP contribution in [0.3, 0.4) is 0 Å². The van der Waals surface area contributed by atoms with Crippen molar-refractivity contribution in [1.29, 1.82) is 0 Å². The first-order valence-electron chi connectivity index (χ1n) is 30.5. The van der Waals surface area contributed by atoms with E-state index in [0.29, 0.717) is 11.9 Å². The van der Waals surface area contributed by atoms with E-state index in [9.17, 15) is 0 Å². The zero-order valence-electron chi connectivity index (χ0n) is 48.6. The van der Waals surface area contributed by atoms with Crippen LogP contribution < -0.4 is 0 Å². The molecule has 19 aromatic rings. The van der Waals surface area contributed by atoms with Gasteiger partial charge in [-0.2, -0.15) is 0 Å². The van der Waals surface area contributed by atoms with Crippen LogP contribution in [0.5, 0.6) is 0 Å². The van der Waals surface area contributed by atoms with Gasteiger partial charge in [-0.25, -0.2) is 19.9 Å². The normalized spacial score (nSPS) is 11.8. The lowest BCUT2D eigenvalue weighted by Gasteiger charge is -2.14. The Balaban J connectivity index is 0.000000135. The van der Waals surface area contributed by atoms with Crippen LogP contribution in [0.15, 0.2) is 315 Å². The molecule has 0 radical (unpaired) electrons. The van der Waals surface area contributed by atoms with Gasteiger partial charge < -0.3 is 9.13 Å². The Hall–Kier alpha value is -12.3. The second-order valence-corrected chi connectivity index (χ2v) is 22.9. The van der Waals surface area contributed by atoms with Gasteiger partial charge in [0.1, 0.15) is 0 Å². The third-order valence-electron chi connectivity index (χ3n) is 17.8. The van der Waals surface area contributed by atoms with Gasteiger partial charge in [-0.1, -0.05) is 249 Å².